The van der Waals surface area contributed by atoms with E-state index in [9.17, 15) is 4.79 Å². The van der Waals surface area contributed by atoms with Gasteiger partial charge in [-0.1, -0.05) is 18.2 Å². The molecule has 0 aliphatic heterocycles. The summed E-state index contributed by atoms with van der Waals surface area (Å²) in [7, 11) is 1.35. The Morgan fingerprint density at radius 2 is 1.93 bits per heavy atom. The molecule has 8 heteroatoms. The largest absolute Gasteiger partial charge is 0.465 e. The molecule has 2 heterocycles. The van der Waals surface area contributed by atoms with Gasteiger partial charge in [-0.05, 0) is 32.9 Å². The number of carbonyl (C=O) groups excluding carboxylic acids is 1. The standard InChI is InChI=1S/C21H25N3O4.HI/c1-5-22-21(23-11-15-10-17(14(3)27-15)20(25)26-4)24-12-19-13(2)16-8-6-7-9-18(16)28-19;/h6-10H,5,11-12H2,1-4H3,(H2,22,23,24);1H. The number of rotatable bonds is 6. The summed E-state index contributed by atoms with van der Waals surface area (Å²) in [4.78, 5) is 16.2. The summed E-state index contributed by atoms with van der Waals surface area (Å²) in [5.74, 6) is 2.20. The summed E-state index contributed by atoms with van der Waals surface area (Å²) in [5, 5.41) is 7.59. The highest BCUT2D eigenvalue weighted by Gasteiger charge is 2.15. The fourth-order valence-electron chi connectivity index (χ4n) is 2.99. The predicted molar refractivity (Wildman–Crippen MR) is 123 cm³/mol. The van der Waals surface area contributed by atoms with Crippen LogP contribution in [0.4, 0.5) is 0 Å². The zero-order valence-corrected chi connectivity index (χ0v) is 19.3. The van der Waals surface area contributed by atoms with Gasteiger partial charge in [0.2, 0.25) is 0 Å². The van der Waals surface area contributed by atoms with Crippen LogP contribution in [0.2, 0.25) is 0 Å². The van der Waals surface area contributed by atoms with Gasteiger partial charge in [-0.3, -0.25) is 0 Å². The highest BCUT2D eigenvalue weighted by atomic mass is 127. The summed E-state index contributed by atoms with van der Waals surface area (Å²) in [6.45, 7) is 7.30. The minimum absolute atomic E-state index is 0. The van der Waals surface area contributed by atoms with Crippen molar-refractivity contribution in [1.29, 1.82) is 0 Å². The van der Waals surface area contributed by atoms with Crippen molar-refractivity contribution in [2.75, 3.05) is 13.7 Å². The number of hydrogen-bond acceptors (Lipinski definition) is 5. The van der Waals surface area contributed by atoms with E-state index < -0.39 is 5.97 Å². The van der Waals surface area contributed by atoms with Gasteiger partial charge < -0.3 is 24.2 Å². The van der Waals surface area contributed by atoms with E-state index in [2.05, 4.69) is 21.7 Å². The second-order valence-corrected chi connectivity index (χ2v) is 6.37. The van der Waals surface area contributed by atoms with Gasteiger partial charge in [-0.15, -0.1) is 24.0 Å². The number of hydrogen-bond donors (Lipinski definition) is 2. The molecule has 0 radical (unpaired) electrons. The first kappa shape index (κ1) is 22.8. The van der Waals surface area contributed by atoms with Crippen LogP contribution in [-0.4, -0.2) is 25.6 Å². The van der Waals surface area contributed by atoms with Gasteiger partial charge in [0, 0.05) is 17.5 Å². The Balaban J connectivity index is 0.00000300. The van der Waals surface area contributed by atoms with Crippen LogP contribution in [0, 0.1) is 13.8 Å². The van der Waals surface area contributed by atoms with Gasteiger partial charge in [0.15, 0.2) is 5.96 Å². The number of methoxy groups -OCH3 is 1. The van der Waals surface area contributed by atoms with Crippen molar-refractivity contribution in [3.63, 3.8) is 0 Å². The third-order valence-electron chi connectivity index (χ3n) is 4.47. The summed E-state index contributed by atoms with van der Waals surface area (Å²) in [6.07, 6.45) is 0. The van der Waals surface area contributed by atoms with Crippen LogP contribution in [0.3, 0.4) is 0 Å². The van der Waals surface area contributed by atoms with Crippen molar-refractivity contribution in [3.8, 4) is 0 Å². The molecule has 156 valence electrons. The second-order valence-electron chi connectivity index (χ2n) is 6.37. The normalized spacial score (nSPS) is 11.2. The maximum absolute atomic E-state index is 11.7. The Morgan fingerprint density at radius 1 is 1.17 bits per heavy atom. The zero-order valence-electron chi connectivity index (χ0n) is 17.0. The zero-order chi connectivity index (χ0) is 20.1. The number of esters is 1. The molecule has 2 N–H and O–H groups in total. The molecule has 7 nitrogen and oxygen atoms in total. The topological polar surface area (TPSA) is 89.0 Å². The molecule has 3 aromatic rings. The summed E-state index contributed by atoms with van der Waals surface area (Å²) < 4.78 is 16.3. The number of carbonyl (C=O) groups is 1. The van der Waals surface area contributed by atoms with E-state index in [-0.39, 0.29) is 24.0 Å². The highest BCUT2D eigenvalue weighted by molar-refractivity contribution is 14.0. The number of benzene rings is 1. The fourth-order valence-corrected chi connectivity index (χ4v) is 2.99. The summed E-state index contributed by atoms with van der Waals surface area (Å²) >= 11 is 0. The lowest BCUT2D eigenvalue weighted by atomic mass is 10.1. The van der Waals surface area contributed by atoms with Crippen molar-refractivity contribution in [1.82, 2.24) is 10.6 Å². The molecule has 0 saturated carbocycles. The molecule has 0 aliphatic rings. The minimum Gasteiger partial charge on any atom is -0.465 e. The molecule has 0 saturated heterocycles. The number of fused-ring (bicyclic) bond motifs is 1. The Labute approximate surface area is 186 Å². The molecular formula is C21H26IN3O4. The van der Waals surface area contributed by atoms with Crippen molar-refractivity contribution < 1.29 is 18.4 Å². The van der Waals surface area contributed by atoms with Gasteiger partial charge in [0.1, 0.15) is 35.0 Å². The van der Waals surface area contributed by atoms with Gasteiger partial charge in [-0.2, -0.15) is 0 Å². The van der Waals surface area contributed by atoms with Gasteiger partial charge >= 0.3 is 5.97 Å². The number of ether oxygens (including phenoxy) is 1. The molecule has 0 spiro atoms. The first-order chi connectivity index (χ1) is 13.5. The lowest BCUT2D eigenvalue weighted by Crippen LogP contribution is -2.36. The van der Waals surface area contributed by atoms with Crippen LogP contribution in [0.5, 0.6) is 0 Å². The van der Waals surface area contributed by atoms with E-state index >= 15 is 0 Å². The molecule has 0 bridgehead atoms. The smallest absolute Gasteiger partial charge is 0.341 e. The minimum atomic E-state index is -0.415. The van der Waals surface area contributed by atoms with E-state index in [1.165, 1.54) is 7.11 Å². The van der Waals surface area contributed by atoms with Crippen LogP contribution in [0.25, 0.3) is 11.0 Å². The molecule has 3 rings (SSSR count). The Kier molecular flexibility index (Phi) is 8.12. The maximum atomic E-state index is 11.7. The second kappa shape index (κ2) is 10.3. The summed E-state index contributed by atoms with van der Waals surface area (Å²) in [5.41, 5.74) is 2.41. The van der Waals surface area contributed by atoms with Crippen molar-refractivity contribution >= 4 is 46.9 Å². The Hall–Kier alpha value is -2.49. The molecule has 1 aromatic carbocycles. The highest BCUT2D eigenvalue weighted by Crippen LogP contribution is 2.24. The lowest BCUT2D eigenvalue weighted by molar-refractivity contribution is 0.0599. The van der Waals surface area contributed by atoms with Crippen LogP contribution in [-0.2, 0) is 17.8 Å². The van der Waals surface area contributed by atoms with Crippen molar-refractivity contribution in [2.24, 2.45) is 4.99 Å². The number of aliphatic imine (C=N–C) groups is 1. The van der Waals surface area contributed by atoms with Crippen molar-refractivity contribution in [3.05, 3.63) is 58.7 Å². The monoisotopic (exact) mass is 511 g/mol. The first-order valence-electron chi connectivity index (χ1n) is 9.20. The molecule has 0 atom stereocenters. The van der Waals surface area contributed by atoms with Crippen LogP contribution >= 0.6 is 24.0 Å². The Morgan fingerprint density at radius 3 is 2.62 bits per heavy atom. The van der Waals surface area contributed by atoms with E-state index in [0.29, 0.717) is 36.1 Å². The average Bonchev–Trinajstić information content (AvgIpc) is 3.23. The number of nitrogens with zero attached hydrogens (tertiary/aromatic N) is 1. The average molecular weight is 511 g/mol. The third-order valence-corrected chi connectivity index (χ3v) is 4.47. The predicted octanol–water partition coefficient (Wildman–Crippen LogP) is 4.30. The van der Waals surface area contributed by atoms with Crippen molar-refractivity contribution in [2.45, 2.75) is 33.9 Å². The molecule has 29 heavy (non-hydrogen) atoms. The quantitative estimate of drug-likeness (QED) is 0.222. The number of halogens is 1. The molecule has 0 unspecified atom stereocenters. The molecule has 2 aromatic heterocycles. The first-order valence-corrected chi connectivity index (χ1v) is 9.20. The van der Waals surface area contributed by atoms with Crippen LogP contribution < -0.4 is 10.6 Å². The maximum Gasteiger partial charge on any atom is 0.341 e. The molecule has 0 aliphatic carbocycles. The van der Waals surface area contributed by atoms with Crippen LogP contribution in [0.1, 0.15) is 40.1 Å². The fraction of sp³-hybridized carbons (Fsp3) is 0.333. The lowest BCUT2D eigenvalue weighted by Gasteiger charge is -2.10. The number of para-hydroxylation sites is 1. The Bertz CT molecular complexity index is 1010. The van der Waals surface area contributed by atoms with Gasteiger partial charge in [-0.25, -0.2) is 9.79 Å². The van der Waals surface area contributed by atoms with E-state index in [4.69, 9.17) is 13.6 Å². The number of guanidine groups is 1. The SMILES string of the molecule is CCNC(=NCc1cc(C(=O)OC)c(C)o1)NCc1oc2ccccc2c1C.I. The van der Waals surface area contributed by atoms with Crippen LogP contribution in [0.15, 0.2) is 44.2 Å². The van der Waals surface area contributed by atoms with Gasteiger partial charge in [0.25, 0.3) is 0 Å². The van der Waals surface area contributed by atoms with E-state index in [0.717, 1.165) is 28.8 Å². The van der Waals surface area contributed by atoms with Gasteiger partial charge in [0.05, 0.1) is 13.7 Å². The van der Waals surface area contributed by atoms with E-state index in [1.54, 1.807) is 13.0 Å². The molecule has 0 amide bonds. The summed E-state index contributed by atoms with van der Waals surface area (Å²) in [6, 6.07) is 9.64. The number of furan rings is 2. The molecule has 0 fully saturated rings. The third kappa shape index (κ3) is 5.31. The number of nitrogens with one attached hydrogen (secondary N) is 2. The van der Waals surface area contributed by atoms with E-state index in [1.807, 2.05) is 32.0 Å². The molecular weight excluding hydrogens is 485 g/mol. The number of aryl methyl sites for hydroxylation is 2.